The van der Waals surface area contributed by atoms with Crippen molar-refractivity contribution in [1.29, 1.82) is 0 Å². The third-order valence-corrected chi connectivity index (χ3v) is 4.71. The number of carbonyl (C=O) groups is 1. The first-order valence-corrected chi connectivity index (χ1v) is 7.04. The van der Waals surface area contributed by atoms with Crippen molar-refractivity contribution in [3.63, 3.8) is 0 Å². The molecule has 3 nitrogen and oxygen atoms in total. The largest absolute Gasteiger partial charge is 0.354 e. The maximum absolute atomic E-state index is 12.1. The highest BCUT2D eigenvalue weighted by Crippen LogP contribution is 2.51. The Balaban J connectivity index is 1.77. The second kappa shape index (κ2) is 4.97. The van der Waals surface area contributed by atoms with Gasteiger partial charge in [-0.15, -0.1) is 0 Å². The molecule has 0 spiro atoms. The zero-order valence-electron chi connectivity index (χ0n) is 11.4. The van der Waals surface area contributed by atoms with Crippen LogP contribution in [0.15, 0.2) is 0 Å². The molecule has 2 N–H and O–H groups in total. The molecule has 1 amide bonds. The van der Waals surface area contributed by atoms with Crippen molar-refractivity contribution >= 4 is 5.91 Å². The molecule has 2 unspecified atom stereocenters. The molecule has 1 saturated heterocycles. The Morgan fingerprint density at radius 1 is 1.47 bits per heavy atom. The van der Waals surface area contributed by atoms with Gasteiger partial charge in [-0.25, -0.2) is 0 Å². The summed E-state index contributed by atoms with van der Waals surface area (Å²) in [6, 6.07) is 0.0433. The summed E-state index contributed by atoms with van der Waals surface area (Å²) < 4.78 is 0. The molecule has 1 heterocycles. The Morgan fingerprint density at radius 2 is 2.18 bits per heavy atom. The van der Waals surface area contributed by atoms with Crippen LogP contribution in [0.4, 0.5) is 0 Å². The van der Waals surface area contributed by atoms with Crippen molar-refractivity contribution < 1.29 is 4.79 Å². The van der Waals surface area contributed by atoms with E-state index < -0.39 is 0 Å². The van der Waals surface area contributed by atoms with Crippen LogP contribution >= 0.6 is 0 Å². The summed E-state index contributed by atoms with van der Waals surface area (Å²) >= 11 is 0. The van der Waals surface area contributed by atoms with E-state index in [0.717, 1.165) is 19.5 Å². The minimum absolute atomic E-state index is 0.0433. The van der Waals surface area contributed by atoms with Gasteiger partial charge in [0.25, 0.3) is 0 Å². The van der Waals surface area contributed by atoms with E-state index in [0.29, 0.717) is 17.3 Å². The van der Waals surface area contributed by atoms with Gasteiger partial charge in [-0.3, -0.25) is 4.79 Å². The third kappa shape index (κ3) is 3.01. The van der Waals surface area contributed by atoms with E-state index in [-0.39, 0.29) is 11.9 Å². The summed E-state index contributed by atoms with van der Waals surface area (Å²) in [7, 11) is 0. The summed E-state index contributed by atoms with van der Waals surface area (Å²) in [5.74, 6) is 1.57. The Kier molecular flexibility index (Phi) is 3.76. The first-order valence-electron chi connectivity index (χ1n) is 7.04. The molecule has 2 aliphatic rings. The van der Waals surface area contributed by atoms with Crippen molar-refractivity contribution in [1.82, 2.24) is 10.6 Å². The van der Waals surface area contributed by atoms with Crippen LogP contribution in [0.5, 0.6) is 0 Å². The SMILES string of the molecule is CC1CCNC(C(=O)NCC2(C(C)C)CC2)C1. The molecule has 0 aromatic heterocycles. The van der Waals surface area contributed by atoms with Gasteiger partial charge in [0.05, 0.1) is 6.04 Å². The van der Waals surface area contributed by atoms with E-state index in [1.165, 1.54) is 19.3 Å². The van der Waals surface area contributed by atoms with Gasteiger partial charge in [-0.05, 0) is 49.5 Å². The number of nitrogens with one attached hydrogen (secondary N) is 2. The average Bonchev–Trinajstić information content (AvgIpc) is 3.07. The standard InChI is InChI=1S/C14H26N2O/c1-10(2)14(5-6-14)9-16-13(17)12-8-11(3)4-7-15-12/h10-12,15H,4-9H2,1-3H3,(H,16,17). The lowest BCUT2D eigenvalue weighted by molar-refractivity contribution is -0.124. The van der Waals surface area contributed by atoms with Crippen LogP contribution in [0.2, 0.25) is 0 Å². The predicted octanol–water partition coefficient (Wildman–Crippen LogP) is 1.93. The van der Waals surface area contributed by atoms with Crippen LogP contribution in [-0.4, -0.2) is 25.0 Å². The topological polar surface area (TPSA) is 41.1 Å². The lowest BCUT2D eigenvalue weighted by Gasteiger charge is -2.28. The minimum atomic E-state index is 0.0433. The quantitative estimate of drug-likeness (QED) is 0.786. The number of piperidine rings is 1. The van der Waals surface area contributed by atoms with Crippen molar-refractivity contribution in [3.8, 4) is 0 Å². The Labute approximate surface area is 105 Å². The highest BCUT2D eigenvalue weighted by atomic mass is 16.2. The highest BCUT2D eigenvalue weighted by Gasteiger charge is 2.45. The van der Waals surface area contributed by atoms with E-state index in [1.807, 2.05) is 0 Å². The first kappa shape index (κ1) is 12.9. The zero-order chi connectivity index (χ0) is 12.5. The van der Waals surface area contributed by atoms with E-state index in [9.17, 15) is 4.79 Å². The number of hydrogen-bond acceptors (Lipinski definition) is 2. The predicted molar refractivity (Wildman–Crippen MR) is 69.7 cm³/mol. The van der Waals surface area contributed by atoms with Gasteiger partial charge >= 0.3 is 0 Å². The lowest BCUT2D eigenvalue weighted by Crippen LogP contribution is -2.49. The van der Waals surface area contributed by atoms with Gasteiger partial charge < -0.3 is 10.6 Å². The second-order valence-electron chi connectivity index (χ2n) is 6.37. The minimum Gasteiger partial charge on any atom is -0.354 e. The number of rotatable bonds is 4. The molecule has 0 aromatic rings. The second-order valence-corrected chi connectivity index (χ2v) is 6.37. The molecule has 17 heavy (non-hydrogen) atoms. The fourth-order valence-electron chi connectivity index (χ4n) is 2.81. The molecule has 2 rings (SSSR count). The summed E-state index contributed by atoms with van der Waals surface area (Å²) in [5, 5.41) is 6.48. The summed E-state index contributed by atoms with van der Waals surface area (Å²) in [5.41, 5.74) is 0.413. The smallest absolute Gasteiger partial charge is 0.237 e. The first-order chi connectivity index (χ1) is 8.03. The van der Waals surface area contributed by atoms with Crippen LogP contribution in [0, 0.1) is 17.3 Å². The number of carbonyl (C=O) groups excluding carboxylic acids is 1. The Morgan fingerprint density at radius 3 is 2.71 bits per heavy atom. The fraction of sp³-hybridized carbons (Fsp3) is 0.929. The van der Waals surface area contributed by atoms with E-state index in [2.05, 4.69) is 31.4 Å². The van der Waals surface area contributed by atoms with E-state index in [1.54, 1.807) is 0 Å². The summed E-state index contributed by atoms with van der Waals surface area (Å²) in [4.78, 5) is 12.1. The summed E-state index contributed by atoms with van der Waals surface area (Å²) in [6.45, 7) is 8.61. The monoisotopic (exact) mass is 238 g/mol. The fourth-order valence-corrected chi connectivity index (χ4v) is 2.81. The molecule has 1 aliphatic carbocycles. The van der Waals surface area contributed by atoms with Gasteiger partial charge in [0.2, 0.25) is 5.91 Å². The molecular weight excluding hydrogens is 212 g/mol. The van der Waals surface area contributed by atoms with Crippen LogP contribution in [0.25, 0.3) is 0 Å². The van der Waals surface area contributed by atoms with Gasteiger partial charge in [0, 0.05) is 6.54 Å². The lowest BCUT2D eigenvalue weighted by atomic mass is 9.91. The van der Waals surface area contributed by atoms with Crippen molar-refractivity contribution in [2.24, 2.45) is 17.3 Å². The molecule has 0 aromatic carbocycles. The molecule has 98 valence electrons. The maximum atomic E-state index is 12.1. The molecule has 0 bridgehead atoms. The van der Waals surface area contributed by atoms with Crippen molar-refractivity contribution in [2.75, 3.05) is 13.1 Å². The Bertz CT molecular complexity index is 284. The van der Waals surface area contributed by atoms with Crippen molar-refractivity contribution in [3.05, 3.63) is 0 Å². The molecule has 2 fully saturated rings. The average molecular weight is 238 g/mol. The summed E-state index contributed by atoms with van der Waals surface area (Å²) in [6.07, 6.45) is 4.74. The molecule has 3 heteroatoms. The van der Waals surface area contributed by atoms with Gasteiger partial charge in [-0.2, -0.15) is 0 Å². The molecule has 1 aliphatic heterocycles. The van der Waals surface area contributed by atoms with Gasteiger partial charge in [0.15, 0.2) is 0 Å². The van der Waals surface area contributed by atoms with Crippen LogP contribution in [-0.2, 0) is 4.79 Å². The van der Waals surface area contributed by atoms with Gasteiger partial charge in [-0.1, -0.05) is 20.8 Å². The molecular formula is C14H26N2O. The van der Waals surface area contributed by atoms with Crippen LogP contribution in [0.3, 0.4) is 0 Å². The highest BCUT2D eigenvalue weighted by molar-refractivity contribution is 5.81. The normalized spacial score (nSPS) is 31.3. The Hall–Kier alpha value is -0.570. The molecule has 0 radical (unpaired) electrons. The molecule has 2 atom stereocenters. The molecule has 1 saturated carbocycles. The van der Waals surface area contributed by atoms with Gasteiger partial charge in [0.1, 0.15) is 0 Å². The van der Waals surface area contributed by atoms with Crippen LogP contribution < -0.4 is 10.6 Å². The van der Waals surface area contributed by atoms with Crippen LogP contribution in [0.1, 0.15) is 46.5 Å². The number of hydrogen-bond donors (Lipinski definition) is 2. The van der Waals surface area contributed by atoms with Crippen molar-refractivity contribution in [2.45, 2.75) is 52.5 Å². The zero-order valence-corrected chi connectivity index (χ0v) is 11.4. The van der Waals surface area contributed by atoms with E-state index in [4.69, 9.17) is 0 Å². The third-order valence-electron chi connectivity index (χ3n) is 4.71. The maximum Gasteiger partial charge on any atom is 0.237 e. The van der Waals surface area contributed by atoms with E-state index >= 15 is 0 Å². The number of amides is 1.